The summed E-state index contributed by atoms with van der Waals surface area (Å²) in [5.41, 5.74) is 0. The van der Waals surface area contributed by atoms with Crippen molar-refractivity contribution in [1.82, 2.24) is 0 Å². The van der Waals surface area contributed by atoms with Crippen molar-refractivity contribution in [3.05, 3.63) is 0 Å². The number of carbonyl (C=O) groups is 2. The van der Waals surface area contributed by atoms with E-state index in [9.17, 15) is 19.8 Å². The second-order valence-electron chi connectivity index (χ2n) is 2.50. The normalized spacial score (nSPS) is 12.4. The van der Waals surface area contributed by atoms with Gasteiger partial charge in [0.2, 0.25) is 0 Å². The van der Waals surface area contributed by atoms with Gasteiger partial charge in [-0.25, -0.2) is 4.57 Å². The van der Waals surface area contributed by atoms with Gasteiger partial charge < -0.3 is 44.7 Å². The molecule has 0 aliphatic carbocycles. The molecule has 0 amide bonds. The first kappa shape index (κ1) is 26.7. The molecule has 0 aromatic carbocycles. The average molecular weight is 316 g/mol. The van der Waals surface area contributed by atoms with Crippen LogP contribution in [0.1, 0.15) is 13.8 Å². The number of hydrogen-bond acceptors (Lipinski definition) is 7. The fraction of sp³-hybridized carbons (Fsp3) is 0.667. The van der Waals surface area contributed by atoms with Crippen molar-refractivity contribution in [3.8, 4) is 0 Å². The van der Waals surface area contributed by atoms with Gasteiger partial charge in [0.25, 0.3) is 0 Å². The van der Waals surface area contributed by atoms with Crippen molar-refractivity contribution in [2.75, 3.05) is 0 Å². The van der Waals surface area contributed by atoms with Crippen LogP contribution >= 0.6 is 7.82 Å². The Labute approximate surface area is 132 Å². The molecule has 0 heterocycles. The van der Waals surface area contributed by atoms with E-state index in [4.69, 9.17) is 29.5 Å². The van der Waals surface area contributed by atoms with Gasteiger partial charge in [-0.15, -0.1) is 0 Å². The van der Waals surface area contributed by atoms with Gasteiger partial charge >= 0.3 is 45.6 Å². The third-order valence-corrected chi connectivity index (χ3v) is 0.682. The first-order valence-corrected chi connectivity index (χ1v) is 5.41. The summed E-state index contributed by atoms with van der Waals surface area (Å²) >= 11 is 0. The molecule has 0 saturated carbocycles. The van der Waals surface area contributed by atoms with Crippen LogP contribution in [0.25, 0.3) is 0 Å². The van der Waals surface area contributed by atoms with E-state index < -0.39 is 32.0 Å². The Balaban J connectivity index is -0.0000000799. The van der Waals surface area contributed by atoms with E-state index >= 15 is 0 Å². The molecule has 0 aliphatic rings. The minimum absolute atomic E-state index is 0. The molecule has 10 nitrogen and oxygen atoms in total. The Kier molecular flexibility index (Phi) is 20.3. The Bertz CT molecular complexity index is 245. The zero-order valence-corrected chi connectivity index (χ0v) is 12.7. The molecule has 5 N–H and O–H groups in total. The van der Waals surface area contributed by atoms with Gasteiger partial charge in [0, 0.05) is 0 Å². The van der Waals surface area contributed by atoms with Crippen LogP contribution in [-0.4, -0.2) is 86.8 Å². The molecule has 104 valence electrons. The van der Waals surface area contributed by atoms with Crippen molar-refractivity contribution < 1.29 is 49.3 Å². The zero-order valence-electron chi connectivity index (χ0n) is 9.59. The summed E-state index contributed by atoms with van der Waals surface area (Å²) in [6.45, 7) is 2.27. The molecule has 2 unspecified atom stereocenters. The molecular weight excluding hydrogens is 303 g/mol. The van der Waals surface area contributed by atoms with Crippen LogP contribution in [0.5, 0.6) is 0 Å². The first-order valence-electron chi connectivity index (χ1n) is 3.85. The quantitative estimate of drug-likeness (QED) is 0.242. The summed E-state index contributed by atoms with van der Waals surface area (Å²) in [7, 11) is -4.64. The van der Waals surface area contributed by atoms with Crippen LogP contribution in [0.2, 0.25) is 0 Å². The molecule has 0 bridgehead atoms. The number of aliphatic carboxylic acids is 2. The fourth-order valence-corrected chi connectivity index (χ4v) is 0. The van der Waals surface area contributed by atoms with Gasteiger partial charge in [-0.1, -0.05) is 0 Å². The van der Waals surface area contributed by atoms with Crippen LogP contribution in [-0.2, 0) is 14.2 Å². The summed E-state index contributed by atoms with van der Waals surface area (Å²) in [5.74, 6) is -2.87. The number of hydrogen-bond donors (Lipinski definition) is 5. The molecule has 0 saturated heterocycles. The second-order valence-corrected chi connectivity index (χ2v) is 3.53. The molecule has 0 fully saturated rings. The number of carboxylic acid groups (broad SMARTS) is 2. The van der Waals surface area contributed by atoms with E-state index in [2.05, 4.69) is 0 Å². The Morgan fingerprint density at radius 1 is 0.944 bits per heavy atom. The van der Waals surface area contributed by atoms with E-state index in [0.717, 1.165) is 13.8 Å². The SMILES string of the molecule is CC(O)C(=O)[O-].CC(O)C(=O)[O-].O=P(O)(O)O.[Ca+2]. The Morgan fingerprint density at radius 2 is 1.00 bits per heavy atom. The van der Waals surface area contributed by atoms with Crippen molar-refractivity contribution in [2.24, 2.45) is 0 Å². The largest absolute Gasteiger partial charge is 2.00 e. The molecule has 0 spiro atoms. The van der Waals surface area contributed by atoms with Crippen molar-refractivity contribution in [1.29, 1.82) is 0 Å². The van der Waals surface area contributed by atoms with Crippen LogP contribution in [0.15, 0.2) is 0 Å². The molecule has 0 aromatic rings. The summed E-state index contributed by atoms with van der Waals surface area (Å²) < 4.78 is 8.88. The molecule has 12 heteroatoms. The van der Waals surface area contributed by atoms with Crippen molar-refractivity contribution in [3.63, 3.8) is 0 Å². The number of rotatable bonds is 2. The summed E-state index contributed by atoms with van der Waals surface area (Å²) in [4.78, 5) is 40.2. The van der Waals surface area contributed by atoms with Gasteiger partial charge in [0.05, 0.1) is 24.1 Å². The molecule has 0 radical (unpaired) electrons. The summed E-state index contributed by atoms with van der Waals surface area (Å²) in [5, 5.41) is 34.6. The van der Waals surface area contributed by atoms with Crippen molar-refractivity contribution >= 4 is 57.5 Å². The minimum Gasteiger partial charge on any atom is -0.547 e. The predicted molar refractivity (Wildman–Crippen MR) is 53.4 cm³/mol. The molecule has 0 rings (SSSR count). The van der Waals surface area contributed by atoms with Gasteiger partial charge in [-0.05, 0) is 13.8 Å². The second kappa shape index (κ2) is 13.7. The first-order chi connectivity index (χ1) is 7.29. The topological polar surface area (TPSA) is 198 Å². The third kappa shape index (κ3) is 55.6. The fourth-order valence-electron chi connectivity index (χ4n) is 0. The van der Waals surface area contributed by atoms with E-state index in [0.29, 0.717) is 0 Å². The standard InChI is InChI=1S/2C3H6O3.Ca.H3O4P/c2*1-2(4)3(5)6;;1-5(2,3)4/h2*2,4H,1H3,(H,5,6);;(H3,1,2,3,4)/q;;+2;/p-2. The summed E-state index contributed by atoms with van der Waals surface area (Å²) in [6, 6.07) is 0. The molecule has 0 aromatic heterocycles. The smallest absolute Gasteiger partial charge is 0.547 e. The van der Waals surface area contributed by atoms with E-state index in [1.165, 1.54) is 0 Å². The van der Waals surface area contributed by atoms with Gasteiger partial charge in [0.1, 0.15) is 0 Å². The van der Waals surface area contributed by atoms with Crippen LogP contribution in [0.4, 0.5) is 0 Å². The average Bonchev–Trinajstić information content (AvgIpc) is 2.01. The monoisotopic (exact) mass is 316 g/mol. The molecular formula is C6H13CaO10P. The van der Waals surface area contributed by atoms with Gasteiger partial charge in [-0.3, -0.25) is 0 Å². The Morgan fingerprint density at radius 3 is 1.00 bits per heavy atom. The number of phosphoric acid groups is 1. The maximum absolute atomic E-state index is 9.34. The van der Waals surface area contributed by atoms with E-state index in [1.54, 1.807) is 0 Å². The maximum Gasteiger partial charge on any atom is 2.00 e. The maximum atomic E-state index is 9.34. The zero-order chi connectivity index (χ0) is 14.8. The molecule has 0 aliphatic heterocycles. The third-order valence-electron chi connectivity index (χ3n) is 0.682. The molecule has 2 atom stereocenters. The van der Waals surface area contributed by atoms with E-state index in [1.807, 2.05) is 0 Å². The number of aliphatic hydroxyl groups is 2. The van der Waals surface area contributed by atoms with Crippen LogP contribution < -0.4 is 10.2 Å². The number of aliphatic hydroxyl groups excluding tert-OH is 2. The number of carboxylic acids is 2. The molecule has 18 heavy (non-hydrogen) atoms. The Hall–Kier alpha value is 0.230. The van der Waals surface area contributed by atoms with Crippen LogP contribution in [0, 0.1) is 0 Å². The predicted octanol–water partition coefficient (Wildman–Crippen LogP) is -5.08. The van der Waals surface area contributed by atoms with E-state index in [-0.39, 0.29) is 37.7 Å². The summed E-state index contributed by atoms with van der Waals surface area (Å²) in [6.07, 6.45) is -2.69. The number of carbonyl (C=O) groups excluding carboxylic acids is 2. The van der Waals surface area contributed by atoms with Gasteiger partial charge in [0.15, 0.2) is 0 Å². The van der Waals surface area contributed by atoms with Gasteiger partial charge in [-0.2, -0.15) is 0 Å². The van der Waals surface area contributed by atoms with Crippen molar-refractivity contribution in [2.45, 2.75) is 26.1 Å². The minimum atomic E-state index is -4.64. The van der Waals surface area contributed by atoms with Crippen LogP contribution in [0.3, 0.4) is 0 Å².